The van der Waals surface area contributed by atoms with Gasteiger partial charge in [0.05, 0.1) is 23.4 Å². The molecule has 0 aliphatic heterocycles. The van der Waals surface area contributed by atoms with Crippen molar-refractivity contribution < 1.29 is 9.53 Å². The van der Waals surface area contributed by atoms with Crippen LogP contribution in [-0.4, -0.2) is 29.1 Å². The molecular formula is C16H20N2O4S. The Bertz CT molecular complexity index is 886. The van der Waals surface area contributed by atoms with Crippen LogP contribution in [0.5, 0.6) is 0 Å². The molecule has 2 aromatic rings. The van der Waals surface area contributed by atoms with Gasteiger partial charge in [-0.3, -0.25) is 18.7 Å². The molecule has 0 radical (unpaired) electrons. The van der Waals surface area contributed by atoms with Crippen molar-refractivity contribution in [1.82, 2.24) is 9.13 Å². The first-order valence-electron chi connectivity index (χ1n) is 7.68. The zero-order valence-electron chi connectivity index (χ0n) is 13.5. The Labute approximate surface area is 137 Å². The molecule has 0 N–H and O–H groups in total. The monoisotopic (exact) mass is 336 g/mol. The van der Waals surface area contributed by atoms with Crippen molar-refractivity contribution in [3.05, 3.63) is 31.3 Å². The number of aromatic nitrogens is 2. The molecule has 0 amide bonds. The molecule has 2 heterocycles. The molecule has 1 aliphatic carbocycles. The number of carbonyl (C=O) groups is 1. The standard InChI is InChI=1S/C16H20N2O4S/c1-10-11(9-19)23-14-12(10)13(20)18(16(2)5-4-6-16)15(21)17(14)7-8-22-3/h9H,4-8H2,1-3H3. The average Bonchev–Trinajstić information content (AvgIpc) is 2.82. The quantitative estimate of drug-likeness (QED) is 0.782. The third kappa shape index (κ3) is 2.30. The molecule has 0 atom stereocenters. The smallest absolute Gasteiger partial charge is 0.332 e. The number of aldehydes is 1. The van der Waals surface area contributed by atoms with E-state index in [9.17, 15) is 14.4 Å². The number of methoxy groups -OCH3 is 1. The zero-order valence-corrected chi connectivity index (χ0v) is 14.4. The highest BCUT2D eigenvalue weighted by Gasteiger charge is 2.37. The molecule has 124 valence electrons. The first-order valence-corrected chi connectivity index (χ1v) is 8.50. The summed E-state index contributed by atoms with van der Waals surface area (Å²) in [5, 5.41) is 0.487. The second-order valence-electron chi connectivity index (χ2n) is 6.31. The van der Waals surface area contributed by atoms with Crippen molar-refractivity contribution in [2.24, 2.45) is 0 Å². The van der Waals surface area contributed by atoms with Crippen LogP contribution in [0.15, 0.2) is 9.59 Å². The Morgan fingerprint density at radius 2 is 2.04 bits per heavy atom. The van der Waals surface area contributed by atoms with Crippen molar-refractivity contribution in [2.75, 3.05) is 13.7 Å². The fourth-order valence-electron chi connectivity index (χ4n) is 3.24. The van der Waals surface area contributed by atoms with Gasteiger partial charge in [-0.1, -0.05) is 0 Å². The van der Waals surface area contributed by atoms with E-state index in [1.54, 1.807) is 18.6 Å². The summed E-state index contributed by atoms with van der Waals surface area (Å²) >= 11 is 1.20. The van der Waals surface area contributed by atoms with Gasteiger partial charge in [0.1, 0.15) is 4.83 Å². The highest BCUT2D eigenvalue weighted by Crippen LogP contribution is 2.37. The summed E-state index contributed by atoms with van der Waals surface area (Å²) in [6.07, 6.45) is 3.41. The Balaban J connectivity index is 2.41. The van der Waals surface area contributed by atoms with E-state index in [4.69, 9.17) is 4.74 Å². The highest BCUT2D eigenvalue weighted by molar-refractivity contribution is 7.20. The summed E-state index contributed by atoms with van der Waals surface area (Å²) < 4.78 is 8.07. The van der Waals surface area contributed by atoms with Crippen molar-refractivity contribution >= 4 is 27.8 Å². The van der Waals surface area contributed by atoms with E-state index >= 15 is 0 Å². The lowest BCUT2D eigenvalue weighted by Crippen LogP contribution is -2.53. The third-order valence-corrected chi connectivity index (χ3v) is 6.09. The molecule has 1 fully saturated rings. The molecule has 0 spiro atoms. The average molecular weight is 336 g/mol. The van der Waals surface area contributed by atoms with E-state index in [1.165, 1.54) is 15.9 Å². The Morgan fingerprint density at radius 1 is 1.35 bits per heavy atom. The maximum Gasteiger partial charge on any atom is 0.332 e. The number of fused-ring (bicyclic) bond motifs is 1. The molecule has 0 aromatic carbocycles. The number of ether oxygens (including phenoxy) is 1. The second-order valence-corrected chi connectivity index (χ2v) is 7.34. The molecule has 7 heteroatoms. The minimum atomic E-state index is -0.424. The molecule has 3 rings (SSSR count). The fraction of sp³-hybridized carbons (Fsp3) is 0.562. The molecule has 2 aromatic heterocycles. The summed E-state index contributed by atoms with van der Waals surface area (Å²) in [6, 6.07) is 0. The number of hydrogen-bond donors (Lipinski definition) is 0. The number of aryl methyl sites for hydroxylation is 1. The topological polar surface area (TPSA) is 70.3 Å². The van der Waals surface area contributed by atoms with Crippen LogP contribution in [0.2, 0.25) is 0 Å². The van der Waals surface area contributed by atoms with Crippen LogP contribution in [0.25, 0.3) is 10.2 Å². The summed E-state index contributed by atoms with van der Waals surface area (Å²) in [7, 11) is 1.57. The van der Waals surface area contributed by atoms with Crippen molar-refractivity contribution in [3.63, 3.8) is 0 Å². The van der Waals surface area contributed by atoms with E-state index in [1.807, 2.05) is 6.92 Å². The molecular weight excluding hydrogens is 316 g/mol. The lowest BCUT2D eigenvalue weighted by Gasteiger charge is -2.39. The first kappa shape index (κ1) is 16.1. The van der Waals surface area contributed by atoms with Gasteiger partial charge in [0, 0.05) is 12.6 Å². The van der Waals surface area contributed by atoms with E-state index in [0.29, 0.717) is 33.8 Å². The zero-order chi connectivity index (χ0) is 16.8. The molecule has 1 aliphatic rings. The molecule has 0 bridgehead atoms. The second kappa shape index (κ2) is 5.72. The molecule has 23 heavy (non-hydrogen) atoms. The maximum absolute atomic E-state index is 13.0. The molecule has 0 unspecified atom stereocenters. The number of rotatable bonds is 5. The van der Waals surface area contributed by atoms with Crippen LogP contribution >= 0.6 is 11.3 Å². The lowest BCUT2D eigenvalue weighted by atomic mass is 9.78. The van der Waals surface area contributed by atoms with Gasteiger partial charge in [-0.15, -0.1) is 11.3 Å². The van der Waals surface area contributed by atoms with Gasteiger partial charge in [-0.2, -0.15) is 0 Å². The Hall–Kier alpha value is -1.73. The van der Waals surface area contributed by atoms with Crippen LogP contribution in [0.3, 0.4) is 0 Å². The first-order chi connectivity index (χ1) is 10.9. The highest BCUT2D eigenvalue weighted by atomic mass is 32.1. The van der Waals surface area contributed by atoms with Crippen LogP contribution < -0.4 is 11.2 Å². The lowest BCUT2D eigenvalue weighted by molar-refractivity contribution is 0.112. The number of nitrogens with zero attached hydrogens (tertiary/aromatic N) is 2. The Kier molecular flexibility index (Phi) is 4.01. The molecule has 1 saturated carbocycles. The van der Waals surface area contributed by atoms with E-state index in [-0.39, 0.29) is 11.2 Å². The van der Waals surface area contributed by atoms with Gasteiger partial charge in [-0.25, -0.2) is 4.79 Å². The summed E-state index contributed by atoms with van der Waals surface area (Å²) in [4.78, 5) is 38.2. The summed E-state index contributed by atoms with van der Waals surface area (Å²) in [6.45, 7) is 4.45. The third-order valence-electron chi connectivity index (χ3n) is 4.85. The maximum atomic E-state index is 13.0. The fourth-order valence-corrected chi connectivity index (χ4v) is 4.38. The van der Waals surface area contributed by atoms with Crippen molar-refractivity contribution in [3.8, 4) is 0 Å². The van der Waals surface area contributed by atoms with Gasteiger partial charge in [0.15, 0.2) is 6.29 Å². The van der Waals surface area contributed by atoms with Gasteiger partial charge in [-0.05, 0) is 38.7 Å². The van der Waals surface area contributed by atoms with Crippen LogP contribution in [0.4, 0.5) is 0 Å². The SMILES string of the molecule is COCCn1c(=O)n(C2(C)CCC2)c(=O)c2c(C)c(C=O)sc21. The van der Waals surface area contributed by atoms with Gasteiger partial charge in [0.25, 0.3) is 5.56 Å². The largest absolute Gasteiger partial charge is 0.383 e. The predicted octanol–water partition coefficient (Wildman–Crippen LogP) is 1.89. The number of carbonyl (C=O) groups excluding carboxylic acids is 1. The minimum Gasteiger partial charge on any atom is -0.383 e. The van der Waals surface area contributed by atoms with Crippen molar-refractivity contribution in [1.29, 1.82) is 0 Å². The normalized spacial score (nSPS) is 16.5. The summed E-state index contributed by atoms with van der Waals surface area (Å²) in [5.74, 6) is 0. The summed E-state index contributed by atoms with van der Waals surface area (Å²) in [5.41, 5.74) is -0.344. The minimum absolute atomic E-state index is 0.275. The van der Waals surface area contributed by atoms with Crippen LogP contribution in [0, 0.1) is 6.92 Å². The predicted molar refractivity (Wildman–Crippen MR) is 89.8 cm³/mol. The molecule has 6 nitrogen and oxygen atoms in total. The van der Waals surface area contributed by atoms with Crippen molar-refractivity contribution in [2.45, 2.75) is 45.2 Å². The van der Waals surface area contributed by atoms with Crippen LogP contribution in [0.1, 0.15) is 41.4 Å². The van der Waals surface area contributed by atoms with E-state index in [0.717, 1.165) is 25.5 Å². The molecule has 0 saturated heterocycles. The van der Waals surface area contributed by atoms with Gasteiger partial charge >= 0.3 is 5.69 Å². The number of thiophene rings is 1. The van der Waals surface area contributed by atoms with E-state index < -0.39 is 5.54 Å². The van der Waals surface area contributed by atoms with Crippen LogP contribution in [-0.2, 0) is 16.8 Å². The van der Waals surface area contributed by atoms with Gasteiger partial charge < -0.3 is 4.74 Å². The number of hydrogen-bond acceptors (Lipinski definition) is 5. The van der Waals surface area contributed by atoms with E-state index in [2.05, 4.69) is 0 Å². The van der Waals surface area contributed by atoms with Gasteiger partial charge in [0.2, 0.25) is 0 Å². The Morgan fingerprint density at radius 3 is 2.57 bits per heavy atom.